The molecule has 1 amide bonds. The lowest BCUT2D eigenvalue weighted by atomic mass is 9.99. The number of rotatable bonds is 3. The summed E-state index contributed by atoms with van der Waals surface area (Å²) in [5.41, 5.74) is 0.843. The molecule has 122 valence electrons. The minimum absolute atomic E-state index is 0.0211. The number of nitrogens with zero attached hydrogens (tertiary/aromatic N) is 2. The number of likely N-dealkylation sites (tertiary alicyclic amines) is 1. The Labute approximate surface area is 139 Å². The van der Waals surface area contributed by atoms with Gasteiger partial charge in [-0.05, 0) is 37.8 Å². The normalized spacial score (nSPS) is 15.7. The summed E-state index contributed by atoms with van der Waals surface area (Å²) >= 11 is 1.37. The van der Waals surface area contributed by atoms with Crippen LogP contribution in [0.1, 0.15) is 35.1 Å². The first kappa shape index (κ1) is 15.9. The van der Waals surface area contributed by atoms with Gasteiger partial charge in [0.15, 0.2) is 5.13 Å². The molecule has 0 saturated carbocycles. The van der Waals surface area contributed by atoms with Crippen molar-refractivity contribution in [2.24, 2.45) is 5.92 Å². The number of hydrogen-bond donors (Lipinski definition) is 1. The molecule has 1 aromatic heterocycles. The van der Waals surface area contributed by atoms with E-state index in [4.69, 9.17) is 0 Å². The highest BCUT2D eigenvalue weighted by molar-refractivity contribution is 7.15. The van der Waals surface area contributed by atoms with Crippen molar-refractivity contribution in [3.8, 4) is 0 Å². The minimum Gasteiger partial charge on any atom is -0.337 e. The van der Waals surface area contributed by atoms with Gasteiger partial charge < -0.3 is 10.2 Å². The SMILES string of the molecule is Cc1sc(Nc2ccccc2F)nc1C(=O)N1CCC(C)CC1. The van der Waals surface area contributed by atoms with Crippen molar-refractivity contribution in [1.82, 2.24) is 9.88 Å². The zero-order chi connectivity index (χ0) is 16.4. The lowest BCUT2D eigenvalue weighted by Crippen LogP contribution is -2.38. The molecule has 2 heterocycles. The Morgan fingerprint density at radius 1 is 1.35 bits per heavy atom. The summed E-state index contributed by atoms with van der Waals surface area (Å²) in [5.74, 6) is 0.319. The number of hydrogen-bond acceptors (Lipinski definition) is 4. The molecule has 0 radical (unpaired) electrons. The first-order chi connectivity index (χ1) is 11.0. The van der Waals surface area contributed by atoms with Gasteiger partial charge in [-0.3, -0.25) is 4.79 Å². The van der Waals surface area contributed by atoms with Crippen molar-refractivity contribution in [2.75, 3.05) is 18.4 Å². The monoisotopic (exact) mass is 333 g/mol. The third-order valence-corrected chi connectivity index (χ3v) is 5.07. The summed E-state index contributed by atoms with van der Waals surface area (Å²) in [5, 5.41) is 3.50. The summed E-state index contributed by atoms with van der Waals surface area (Å²) in [7, 11) is 0. The largest absolute Gasteiger partial charge is 0.337 e. The van der Waals surface area contributed by atoms with E-state index in [0.29, 0.717) is 22.4 Å². The second-order valence-electron chi connectivity index (χ2n) is 6.00. The lowest BCUT2D eigenvalue weighted by molar-refractivity contribution is 0.0691. The highest BCUT2D eigenvalue weighted by atomic mass is 32.1. The lowest BCUT2D eigenvalue weighted by Gasteiger charge is -2.29. The molecule has 23 heavy (non-hydrogen) atoms. The zero-order valence-corrected chi connectivity index (χ0v) is 14.1. The number of carbonyl (C=O) groups is 1. The molecular formula is C17H20FN3OS. The van der Waals surface area contributed by atoms with E-state index in [1.165, 1.54) is 17.4 Å². The van der Waals surface area contributed by atoms with E-state index < -0.39 is 0 Å². The molecule has 3 rings (SSSR count). The molecule has 0 unspecified atom stereocenters. The Bertz CT molecular complexity index is 708. The van der Waals surface area contributed by atoms with Gasteiger partial charge in [-0.1, -0.05) is 19.1 Å². The number of para-hydroxylation sites is 1. The van der Waals surface area contributed by atoms with Crippen LogP contribution in [0, 0.1) is 18.7 Å². The highest BCUT2D eigenvalue weighted by Crippen LogP contribution is 2.28. The van der Waals surface area contributed by atoms with E-state index in [1.807, 2.05) is 11.8 Å². The van der Waals surface area contributed by atoms with Crippen molar-refractivity contribution in [3.63, 3.8) is 0 Å². The second kappa shape index (κ2) is 6.66. The van der Waals surface area contributed by atoms with Gasteiger partial charge in [-0.15, -0.1) is 11.3 Å². The number of thiazole rings is 1. The molecule has 6 heteroatoms. The van der Waals surface area contributed by atoms with Crippen LogP contribution in [0.25, 0.3) is 0 Å². The van der Waals surface area contributed by atoms with E-state index >= 15 is 0 Å². The number of aromatic nitrogens is 1. The van der Waals surface area contributed by atoms with E-state index in [1.54, 1.807) is 18.2 Å². The Morgan fingerprint density at radius 3 is 2.74 bits per heavy atom. The fourth-order valence-corrected chi connectivity index (χ4v) is 3.51. The highest BCUT2D eigenvalue weighted by Gasteiger charge is 2.25. The van der Waals surface area contributed by atoms with Crippen LogP contribution in [0.4, 0.5) is 15.2 Å². The standard InChI is InChI=1S/C17H20FN3OS/c1-11-7-9-21(10-8-11)16(22)15-12(2)23-17(20-15)19-14-6-4-3-5-13(14)18/h3-6,11H,7-10H2,1-2H3,(H,19,20). The zero-order valence-electron chi connectivity index (χ0n) is 13.3. The van der Waals surface area contributed by atoms with Crippen LogP contribution < -0.4 is 5.32 Å². The molecule has 1 saturated heterocycles. The van der Waals surface area contributed by atoms with Crippen LogP contribution in [0.3, 0.4) is 0 Å². The van der Waals surface area contributed by atoms with Crippen molar-refractivity contribution in [3.05, 3.63) is 40.7 Å². The topological polar surface area (TPSA) is 45.2 Å². The van der Waals surface area contributed by atoms with Crippen LogP contribution in [0.2, 0.25) is 0 Å². The van der Waals surface area contributed by atoms with Gasteiger partial charge in [-0.2, -0.15) is 0 Å². The molecule has 4 nitrogen and oxygen atoms in total. The Kier molecular flexibility index (Phi) is 4.61. The molecule has 1 aliphatic heterocycles. The first-order valence-electron chi connectivity index (χ1n) is 7.83. The minimum atomic E-state index is -0.335. The second-order valence-corrected chi connectivity index (χ2v) is 7.21. The van der Waals surface area contributed by atoms with Crippen molar-refractivity contribution < 1.29 is 9.18 Å². The van der Waals surface area contributed by atoms with Crippen molar-refractivity contribution in [2.45, 2.75) is 26.7 Å². The van der Waals surface area contributed by atoms with Gasteiger partial charge in [0.1, 0.15) is 11.5 Å². The maximum Gasteiger partial charge on any atom is 0.273 e. The van der Waals surface area contributed by atoms with Crippen LogP contribution in [0.15, 0.2) is 24.3 Å². The summed E-state index contributed by atoms with van der Waals surface area (Å²) < 4.78 is 13.7. The first-order valence-corrected chi connectivity index (χ1v) is 8.64. The summed E-state index contributed by atoms with van der Waals surface area (Å²) in [4.78, 5) is 19.7. The number of nitrogens with one attached hydrogen (secondary N) is 1. The van der Waals surface area contributed by atoms with Gasteiger partial charge >= 0.3 is 0 Å². The molecule has 1 N–H and O–H groups in total. The molecule has 0 atom stereocenters. The third-order valence-electron chi connectivity index (χ3n) is 4.19. The van der Waals surface area contributed by atoms with Gasteiger partial charge in [-0.25, -0.2) is 9.37 Å². The molecule has 1 aromatic carbocycles. The molecule has 1 aliphatic rings. The number of carbonyl (C=O) groups excluding carboxylic acids is 1. The third kappa shape index (κ3) is 3.52. The Morgan fingerprint density at radius 2 is 2.04 bits per heavy atom. The average Bonchev–Trinajstić information content (AvgIpc) is 2.90. The van der Waals surface area contributed by atoms with Crippen LogP contribution in [-0.2, 0) is 0 Å². The molecule has 0 spiro atoms. The summed E-state index contributed by atoms with van der Waals surface area (Å²) in [6, 6.07) is 6.44. The smallest absolute Gasteiger partial charge is 0.273 e. The van der Waals surface area contributed by atoms with Gasteiger partial charge in [0.25, 0.3) is 5.91 Å². The number of anilines is 2. The molecule has 0 bridgehead atoms. The van der Waals surface area contributed by atoms with Crippen molar-refractivity contribution in [1.29, 1.82) is 0 Å². The number of amides is 1. The van der Waals surface area contributed by atoms with Gasteiger partial charge in [0.05, 0.1) is 5.69 Å². The number of aryl methyl sites for hydroxylation is 1. The van der Waals surface area contributed by atoms with E-state index in [-0.39, 0.29) is 11.7 Å². The molecule has 0 aliphatic carbocycles. The van der Waals surface area contributed by atoms with E-state index in [2.05, 4.69) is 17.2 Å². The Hall–Kier alpha value is -1.95. The quantitative estimate of drug-likeness (QED) is 0.915. The molecule has 2 aromatic rings. The predicted octanol–water partition coefficient (Wildman–Crippen LogP) is 4.21. The predicted molar refractivity (Wildman–Crippen MR) is 90.8 cm³/mol. The van der Waals surface area contributed by atoms with Crippen LogP contribution in [0.5, 0.6) is 0 Å². The molecule has 1 fully saturated rings. The van der Waals surface area contributed by atoms with Gasteiger partial charge in [0, 0.05) is 18.0 Å². The van der Waals surface area contributed by atoms with Gasteiger partial charge in [0.2, 0.25) is 0 Å². The number of benzene rings is 1. The number of halogens is 1. The fraction of sp³-hybridized carbons (Fsp3) is 0.412. The van der Waals surface area contributed by atoms with E-state index in [9.17, 15) is 9.18 Å². The number of piperidine rings is 1. The average molecular weight is 333 g/mol. The van der Waals surface area contributed by atoms with E-state index in [0.717, 1.165) is 30.8 Å². The Balaban J connectivity index is 1.76. The summed E-state index contributed by atoms with van der Waals surface area (Å²) in [6.07, 6.45) is 2.07. The fourth-order valence-electron chi connectivity index (χ4n) is 2.69. The molecular weight excluding hydrogens is 313 g/mol. The maximum atomic E-state index is 13.7. The van der Waals surface area contributed by atoms with Crippen LogP contribution >= 0.6 is 11.3 Å². The maximum absolute atomic E-state index is 13.7. The van der Waals surface area contributed by atoms with Crippen LogP contribution in [-0.4, -0.2) is 28.9 Å². The van der Waals surface area contributed by atoms with Crippen molar-refractivity contribution >= 4 is 28.1 Å². The summed E-state index contributed by atoms with van der Waals surface area (Å²) in [6.45, 7) is 5.66.